The number of carbonyl (C=O) groups is 1. The third-order valence-corrected chi connectivity index (χ3v) is 3.68. The molecule has 0 aromatic heterocycles. The van der Waals surface area contributed by atoms with Crippen LogP contribution >= 0.6 is 0 Å². The molecule has 5 heteroatoms. The number of benzene rings is 2. The molecule has 0 unspecified atom stereocenters. The van der Waals surface area contributed by atoms with E-state index >= 15 is 0 Å². The number of ether oxygens (including phenoxy) is 3. The van der Waals surface area contributed by atoms with E-state index in [1.165, 1.54) is 21.3 Å². The monoisotopic (exact) mass is 316 g/mol. The van der Waals surface area contributed by atoms with Crippen LogP contribution in [0.15, 0.2) is 48.5 Å². The molecule has 2 aromatic carbocycles. The Morgan fingerprint density at radius 3 is 2.13 bits per heavy atom. The van der Waals surface area contributed by atoms with Gasteiger partial charge in [-0.2, -0.15) is 0 Å². The minimum atomic E-state index is -1.03. The van der Waals surface area contributed by atoms with Crippen molar-refractivity contribution in [2.45, 2.75) is 12.0 Å². The fraction of sp³-hybridized carbons (Fsp3) is 0.278. The van der Waals surface area contributed by atoms with Crippen molar-refractivity contribution in [3.63, 3.8) is 0 Å². The van der Waals surface area contributed by atoms with Crippen molar-refractivity contribution in [1.29, 1.82) is 0 Å². The fourth-order valence-corrected chi connectivity index (χ4v) is 2.46. The van der Waals surface area contributed by atoms with Crippen LogP contribution in [0, 0.1) is 0 Å². The summed E-state index contributed by atoms with van der Waals surface area (Å²) in [6.07, 6.45) is -1.03. The Kier molecular flexibility index (Phi) is 5.60. The van der Waals surface area contributed by atoms with Gasteiger partial charge in [-0.1, -0.05) is 36.4 Å². The summed E-state index contributed by atoms with van der Waals surface area (Å²) in [7, 11) is 4.35. The molecule has 0 saturated carbocycles. The summed E-state index contributed by atoms with van der Waals surface area (Å²) >= 11 is 0. The maximum absolute atomic E-state index is 12.2. The second-order valence-electron chi connectivity index (χ2n) is 4.97. The Bertz CT molecular complexity index is 654. The van der Waals surface area contributed by atoms with E-state index < -0.39 is 18.0 Å². The van der Waals surface area contributed by atoms with E-state index in [-0.39, 0.29) is 0 Å². The van der Waals surface area contributed by atoms with Gasteiger partial charge in [0, 0.05) is 0 Å². The average molecular weight is 316 g/mol. The summed E-state index contributed by atoms with van der Waals surface area (Å²) in [6.45, 7) is 0. The van der Waals surface area contributed by atoms with Crippen molar-refractivity contribution in [3.05, 3.63) is 59.7 Å². The van der Waals surface area contributed by atoms with Crippen LogP contribution in [0.1, 0.15) is 23.1 Å². The van der Waals surface area contributed by atoms with E-state index in [2.05, 4.69) is 0 Å². The fourth-order valence-electron chi connectivity index (χ4n) is 2.46. The number of aliphatic hydroxyl groups is 1. The summed E-state index contributed by atoms with van der Waals surface area (Å²) in [4.78, 5) is 12.2. The summed E-state index contributed by atoms with van der Waals surface area (Å²) in [5.74, 6) is -0.344. The van der Waals surface area contributed by atoms with Gasteiger partial charge >= 0.3 is 5.97 Å². The van der Waals surface area contributed by atoms with Gasteiger partial charge in [-0.05, 0) is 23.3 Å². The predicted octanol–water partition coefficient (Wildman–Crippen LogP) is 2.69. The van der Waals surface area contributed by atoms with Gasteiger partial charge in [-0.3, -0.25) is 4.79 Å². The summed E-state index contributed by atoms with van der Waals surface area (Å²) < 4.78 is 15.3. The van der Waals surface area contributed by atoms with Crippen molar-refractivity contribution >= 4 is 5.97 Å². The van der Waals surface area contributed by atoms with E-state index in [4.69, 9.17) is 14.2 Å². The molecular formula is C18H20O5. The Balaban J connectivity index is 2.45. The van der Waals surface area contributed by atoms with Crippen LogP contribution < -0.4 is 9.47 Å². The topological polar surface area (TPSA) is 65.0 Å². The molecule has 5 nitrogen and oxygen atoms in total. The molecule has 0 aliphatic carbocycles. The summed E-state index contributed by atoms with van der Waals surface area (Å²) in [5, 5.41) is 10.7. The van der Waals surface area contributed by atoms with Crippen molar-refractivity contribution in [3.8, 4) is 11.5 Å². The molecule has 1 N–H and O–H groups in total. The van der Waals surface area contributed by atoms with Crippen molar-refractivity contribution in [1.82, 2.24) is 0 Å². The standard InChI is InChI=1S/C18H20O5/c1-21-14-10-9-13(11-15(14)22-2)16(18(20)23-3)17(19)12-7-5-4-6-8-12/h4-11,16-17,19H,1-3H3/t16-,17+/m0/s1. The number of esters is 1. The highest BCUT2D eigenvalue weighted by Gasteiger charge is 2.31. The van der Waals surface area contributed by atoms with Crippen molar-refractivity contribution in [2.24, 2.45) is 0 Å². The van der Waals surface area contributed by atoms with Crippen LogP contribution in [0.5, 0.6) is 11.5 Å². The zero-order valence-electron chi connectivity index (χ0n) is 13.4. The van der Waals surface area contributed by atoms with Crippen molar-refractivity contribution < 1.29 is 24.1 Å². The Morgan fingerprint density at radius 1 is 0.913 bits per heavy atom. The molecule has 0 amide bonds. The highest BCUT2D eigenvalue weighted by molar-refractivity contribution is 5.79. The van der Waals surface area contributed by atoms with Gasteiger partial charge in [0.15, 0.2) is 11.5 Å². The Morgan fingerprint density at radius 2 is 1.57 bits per heavy atom. The lowest BCUT2D eigenvalue weighted by molar-refractivity contribution is -0.145. The second kappa shape index (κ2) is 7.65. The Hall–Kier alpha value is -2.53. The summed E-state index contributed by atoms with van der Waals surface area (Å²) in [6, 6.07) is 14.1. The van der Waals surface area contributed by atoms with Crippen LogP contribution in [0.25, 0.3) is 0 Å². The first-order valence-corrected chi connectivity index (χ1v) is 7.15. The number of hydrogen-bond acceptors (Lipinski definition) is 5. The number of rotatable bonds is 6. The number of aliphatic hydroxyl groups excluding tert-OH is 1. The Labute approximate surface area is 135 Å². The predicted molar refractivity (Wildman–Crippen MR) is 85.7 cm³/mol. The molecular weight excluding hydrogens is 296 g/mol. The number of hydrogen-bond donors (Lipinski definition) is 1. The van der Waals surface area contributed by atoms with Gasteiger partial charge in [0.1, 0.15) is 5.92 Å². The second-order valence-corrected chi connectivity index (χ2v) is 4.97. The van der Waals surface area contributed by atoms with E-state index in [9.17, 15) is 9.90 Å². The minimum absolute atomic E-state index is 0.485. The molecule has 0 bridgehead atoms. The third-order valence-electron chi connectivity index (χ3n) is 3.68. The van der Waals surface area contributed by atoms with Crippen LogP contribution in [0.4, 0.5) is 0 Å². The third kappa shape index (κ3) is 3.63. The molecule has 122 valence electrons. The van der Waals surface area contributed by atoms with Crippen molar-refractivity contribution in [2.75, 3.05) is 21.3 Å². The molecule has 0 heterocycles. The van der Waals surface area contributed by atoms with E-state index in [1.54, 1.807) is 30.3 Å². The highest BCUT2D eigenvalue weighted by Crippen LogP contribution is 2.36. The molecule has 2 rings (SSSR count). The maximum Gasteiger partial charge on any atom is 0.316 e. The lowest BCUT2D eigenvalue weighted by atomic mass is 9.89. The first-order valence-electron chi connectivity index (χ1n) is 7.15. The van der Waals surface area contributed by atoms with E-state index in [0.717, 1.165) is 0 Å². The van der Waals surface area contributed by atoms with Crippen LogP contribution in [-0.4, -0.2) is 32.4 Å². The van der Waals surface area contributed by atoms with Gasteiger partial charge in [0.2, 0.25) is 0 Å². The lowest BCUT2D eigenvalue weighted by Gasteiger charge is -2.22. The quantitative estimate of drug-likeness (QED) is 0.830. The minimum Gasteiger partial charge on any atom is -0.493 e. The molecule has 0 saturated heterocycles. The molecule has 0 aliphatic heterocycles. The molecule has 0 aliphatic rings. The molecule has 2 atom stereocenters. The molecule has 2 aromatic rings. The van der Waals surface area contributed by atoms with Gasteiger partial charge in [0.05, 0.1) is 27.4 Å². The molecule has 0 spiro atoms. The number of carbonyl (C=O) groups excluding carboxylic acids is 1. The van der Waals surface area contributed by atoms with Gasteiger partial charge < -0.3 is 19.3 Å². The zero-order valence-corrected chi connectivity index (χ0v) is 13.4. The van der Waals surface area contributed by atoms with Crippen LogP contribution in [0.2, 0.25) is 0 Å². The van der Waals surface area contributed by atoms with Gasteiger partial charge in [-0.15, -0.1) is 0 Å². The maximum atomic E-state index is 12.2. The zero-order chi connectivity index (χ0) is 16.8. The lowest BCUT2D eigenvalue weighted by Crippen LogP contribution is -2.22. The summed E-state index contributed by atoms with van der Waals surface area (Å²) in [5.41, 5.74) is 1.23. The molecule has 23 heavy (non-hydrogen) atoms. The van der Waals surface area contributed by atoms with Gasteiger partial charge in [0.25, 0.3) is 0 Å². The van der Waals surface area contributed by atoms with Crippen LogP contribution in [-0.2, 0) is 9.53 Å². The largest absolute Gasteiger partial charge is 0.493 e. The van der Waals surface area contributed by atoms with E-state index in [0.29, 0.717) is 22.6 Å². The SMILES string of the molecule is COC(=O)[C@@H](c1ccc(OC)c(OC)c1)[C@H](O)c1ccccc1. The first-order chi connectivity index (χ1) is 11.1. The van der Waals surface area contributed by atoms with Gasteiger partial charge in [-0.25, -0.2) is 0 Å². The first kappa shape index (κ1) is 16.8. The highest BCUT2D eigenvalue weighted by atomic mass is 16.5. The molecule has 0 fully saturated rings. The number of methoxy groups -OCH3 is 3. The average Bonchev–Trinajstić information content (AvgIpc) is 2.62. The van der Waals surface area contributed by atoms with Crippen LogP contribution in [0.3, 0.4) is 0 Å². The normalized spacial score (nSPS) is 13.0. The smallest absolute Gasteiger partial charge is 0.316 e. The molecule has 0 radical (unpaired) electrons. The van der Waals surface area contributed by atoms with E-state index in [1.807, 2.05) is 18.2 Å².